The van der Waals surface area contributed by atoms with E-state index in [4.69, 9.17) is 0 Å². The molecule has 0 amide bonds. The summed E-state index contributed by atoms with van der Waals surface area (Å²) < 4.78 is 0. The summed E-state index contributed by atoms with van der Waals surface area (Å²) in [7, 11) is 0. The number of hydrogen-bond acceptors (Lipinski definition) is 1. The lowest BCUT2D eigenvalue weighted by Gasteiger charge is -2.27. The van der Waals surface area contributed by atoms with Gasteiger partial charge in [-0.25, -0.2) is 0 Å². The van der Waals surface area contributed by atoms with E-state index in [1.54, 1.807) is 0 Å². The molecule has 0 aromatic rings. The van der Waals surface area contributed by atoms with Crippen LogP contribution in [0.25, 0.3) is 0 Å². The number of hydrogen-bond donors (Lipinski definition) is 0. The highest BCUT2D eigenvalue weighted by Crippen LogP contribution is 2.32. The number of carbonyl (C=O) groups is 1. The molecule has 76 valence electrons. The maximum atomic E-state index is 11.4. The van der Waals surface area contributed by atoms with Gasteiger partial charge in [0, 0.05) is 12.3 Å². The van der Waals surface area contributed by atoms with Gasteiger partial charge in [0.2, 0.25) is 0 Å². The number of ketones is 1. The minimum Gasteiger partial charge on any atom is -0.299 e. The summed E-state index contributed by atoms with van der Waals surface area (Å²) in [4.78, 5) is 11.4. The first-order valence-electron chi connectivity index (χ1n) is 5.80. The molecule has 1 rings (SSSR count). The van der Waals surface area contributed by atoms with E-state index in [9.17, 15) is 4.79 Å². The lowest BCUT2D eigenvalue weighted by Crippen LogP contribution is -2.21. The van der Waals surface area contributed by atoms with Gasteiger partial charge in [-0.2, -0.15) is 0 Å². The fourth-order valence-corrected chi connectivity index (χ4v) is 2.47. The number of rotatable bonds is 4. The van der Waals surface area contributed by atoms with Crippen LogP contribution < -0.4 is 0 Å². The minimum absolute atomic E-state index is 0.415. The molecule has 0 spiro atoms. The lowest BCUT2D eigenvalue weighted by molar-refractivity contribution is -0.123. The fraction of sp³-hybridized carbons (Fsp3) is 0.917. The van der Waals surface area contributed by atoms with Crippen LogP contribution in [0.5, 0.6) is 0 Å². The van der Waals surface area contributed by atoms with Crippen molar-refractivity contribution in [3.8, 4) is 0 Å². The highest BCUT2D eigenvalue weighted by atomic mass is 16.1. The molecule has 1 heteroatoms. The van der Waals surface area contributed by atoms with E-state index in [1.165, 1.54) is 25.7 Å². The molecule has 0 unspecified atom stereocenters. The third-order valence-electron chi connectivity index (χ3n) is 3.35. The smallest absolute Gasteiger partial charge is 0.135 e. The third-order valence-corrected chi connectivity index (χ3v) is 3.35. The second-order valence-electron chi connectivity index (χ2n) is 4.33. The quantitative estimate of drug-likeness (QED) is 0.649. The van der Waals surface area contributed by atoms with Gasteiger partial charge in [-0.15, -0.1) is 0 Å². The molecule has 1 nitrogen and oxygen atoms in total. The highest BCUT2D eigenvalue weighted by molar-refractivity contribution is 5.80. The first-order valence-corrected chi connectivity index (χ1v) is 5.80. The van der Waals surface area contributed by atoms with Crippen LogP contribution in [0.3, 0.4) is 0 Å². The van der Waals surface area contributed by atoms with Crippen LogP contribution in [0.1, 0.15) is 58.8 Å². The van der Waals surface area contributed by atoms with Crippen molar-refractivity contribution in [2.24, 2.45) is 11.8 Å². The predicted molar refractivity (Wildman–Crippen MR) is 55.7 cm³/mol. The Labute approximate surface area is 81.9 Å². The summed E-state index contributed by atoms with van der Waals surface area (Å²) in [5.74, 6) is 1.83. The van der Waals surface area contributed by atoms with Gasteiger partial charge in [-0.1, -0.05) is 26.7 Å². The van der Waals surface area contributed by atoms with Crippen LogP contribution in [0.15, 0.2) is 0 Å². The van der Waals surface area contributed by atoms with Crippen molar-refractivity contribution < 1.29 is 4.79 Å². The first kappa shape index (κ1) is 10.7. The molecule has 1 aliphatic carbocycles. The fourth-order valence-electron chi connectivity index (χ4n) is 2.47. The molecule has 1 saturated carbocycles. The van der Waals surface area contributed by atoms with Gasteiger partial charge < -0.3 is 0 Å². The topological polar surface area (TPSA) is 17.1 Å². The van der Waals surface area contributed by atoms with Crippen molar-refractivity contribution in [3.05, 3.63) is 0 Å². The molecule has 0 bridgehead atoms. The monoisotopic (exact) mass is 182 g/mol. The Kier molecular flexibility index (Phi) is 4.47. The van der Waals surface area contributed by atoms with Crippen LogP contribution in [0, 0.1) is 11.8 Å². The van der Waals surface area contributed by atoms with E-state index in [2.05, 4.69) is 6.92 Å². The molecular weight excluding hydrogens is 160 g/mol. The Hall–Kier alpha value is -0.330. The van der Waals surface area contributed by atoms with Crippen LogP contribution in [-0.2, 0) is 4.79 Å². The van der Waals surface area contributed by atoms with Gasteiger partial charge in [0.15, 0.2) is 0 Å². The Morgan fingerprint density at radius 2 is 1.77 bits per heavy atom. The van der Waals surface area contributed by atoms with Crippen molar-refractivity contribution in [1.29, 1.82) is 0 Å². The van der Waals surface area contributed by atoms with Crippen molar-refractivity contribution in [2.45, 2.75) is 58.8 Å². The summed E-state index contributed by atoms with van der Waals surface area (Å²) in [6, 6.07) is 0. The van der Waals surface area contributed by atoms with Crippen LogP contribution in [-0.4, -0.2) is 5.78 Å². The van der Waals surface area contributed by atoms with Gasteiger partial charge >= 0.3 is 0 Å². The van der Waals surface area contributed by atoms with E-state index in [1.807, 2.05) is 6.92 Å². The second-order valence-corrected chi connectivity index (χ2v) is 4.33. The SMILES string of the molecule is CCCC1CCC(C(=O)CC)CC1. The average molecular weight is 182 g/mol. The van der Waals surface area contributed by atoms with Crippen LogP contribution >= 0.6 is 0 Å². The van der Waals surface area contributed by atoms with Gasteiger partial charge in [-0.05, 0) is 31.6 Å². The Morgan fingerprint density at radius 1 is 1.15 bits per heavy atom. The molecular formula is C12H22O. The summed E-state index contributed by atoms with van der Waals surface area (Å²) in [6.45, 7) is 4.24. The summed E-state index contributed by atoms with van der Waals surface area (Å²) in [5.41, 5.74) is 0. The van der Waals surface area contributed by atoms with E-state index in [0.29, 0.717) is 11.7 Å². The third kappa shape index (κ3) is 3.13. The van der Waals surface area contributed by atoms with Gasteiger partial charge in [-0.3, -0.25) is 4.79 Å². The Morgan fingerprint density at radius 3 is 2.23 bits per heavy atom. The number of carbonyl (C=O) groups excluding carboxylic acids is 1. The zero-order valence-corrected chi connectivity index (χ0v) is 9.01. The molecule has 0 radical (unpaired) electrons. The molecule has 0 atom stereocenters. The van der Waals surface area contributed by atoms with Gasteiger partial charge in [0.05, 0.1) is 0 Å². The molecule has 0 aliphatic heterocycles. The number of Topliss-reactive ketones (excluding diaryl/α,β-unsaturated/α-hetero) is 1. The van der Waals surface area contributed by atoms with Gasteiger partial charge in [0.1, 0.15) is 5.78 Å². The van der Waals surface area contributed by atoms with Crippen molar-refractivity contribution in [1.82, 2.24) is 0 Å². The van der Waals surface area contributed by atoms with Crippen molar-refractivity contribution in [3.63, 3.8) is 0 Å². The molecule has 0 heterocycles. The van der Waals surface area contributed by atoms with E-state index < -0.39 is 0 Å². The van der Waals surface area contributed by atoms with Crippen molar-refractivity contribution in [2.75, 3.05) is 0 Å². The zero-order chi connectivity index (χ0) is 9.68. The molecule has 1 fully saturated rings. The molecule has 0 aromatic carbocycles. The van der Waals surface area contributed by atoms with Gasteiger partial charge in [0.25, 0.3) is 0 Å². The average Bonchev–Trinajstić information content (AvgIpc) is 2.18. The standard InChI is InChI=1S/C12H22O/c1-3-5-10-6-8-11(9-7-10)12(13)4-2/h10-11H,3-9H2,1-2H3. The molecule has 1 aliphatic rings. The molecule has 0 aromatic heterocycles. The lowest BCUT2D eigenvalue weighted by atomic mass is 9.78. The predicted octanol–water partition coefficient (Wildman–Crippen LogP) is 3.57. The maximum Gasteiger partial charge on any atom is 0.135 e. The summed E-state index contributed by atoms with van der Waals surface area (Å²) >= 11 is 0. The Bertz CT molecular complexity index is 155. The van der Waals surface area contributed by atoms with Crippen molar-refractivity contribution >= 4 is 5.78 Å². The molecule has 0 N–H and O–H groups in total. The first-order chi connectivity index (χ1) is 6.27. The molecule has 13 heavy (non-hydrogen) atoms. The summed E-state index contributed by atoms with van der Waals surface area (Å²) in [5, 5.41) is 0. The maximum absolute atomic E-state index is 11.4. The van der Waals surface area contributed by atoms with Crippen LogP contribution in [0.4, 0.5) is 0 Å². The highest BCUT2D eigenvalue weighted by Gasteiger charge is 2.24. The minimum atomic E-state index is 0.415. The van der Waals surface area contributed by atoms with E-state index in [0.717, 1.165) is 25.2 Å². The van der Waals surface area contributed by atoms with E-state index in [-0.39, 0.29) is 0 Å². The normalized spacial score (nSPS) is 28.8. The summed E-state index contributed by atoms with van der Waals surface area (Å²) in [6.07, 6.45) is 8.33. The largest absolute Gasteiger partial charge is 0.299 e. The zero-order valence-electron chi connectivity index (χ0n) is 9.01. The second kappa shape index (κ2) is 5.41. The Balaban J connectivity index is 2.26. The van der Waals surface area contributed by atoms with E-state index >= 15 is 0 Å². The molecule has 0 saturated heterocycles. The van der Waals surface area contributed by atoms with Crippen LogP contribution in [0.2, 0.25) is 0 Å².